The maximum absolute atomic E-state index is 10.8. The number of hydrazone groups is 1. The van der Waals surface area contributed by atoms with Gasteiger partial charge in [-0.05, 0) is 52.2 Å². The van der Waals surface area contributed by atoms with Crippen molar-refractivity contribution in [1.29, 1.82) is 0 Å². The molecule has 0 atom stereocenters. The van der Waals surface area contributed by atoms with Gasteiger partial charge in [0.15, 0.2) is 0 Å². The van der Waals surface area contributed by atoms with Crippen LogP contribution in [0.1, 0.15) is 16.7 Å². The van der Waals surface area contributed by atoms with Gasteiger partial charge in [0.05, 0.1) is 22.2 Å². The molecule has 1 heterocycles. The lowest BCUT2D eigenvalue weighted by Gasteiger charge is -2.12. The smallest absolute Gasteiger partial charge is 0.269 e. The molecule has 2 aromatic carbocycles. The van der Waals surface area contributed by atoms with E-state index in [-0.39, 0.29) is 5.69 Å². The standard InChI is InChI=1S/C16H14BrN3O3/c1-23-15-9-13-11(8-14(15)17)6-7-18-19-16(13)10-2-4-12(5-3-10)20(21)22/h2-5,8-9,18H,6-7H2,1H3. The van der Waals surface area contributed by atoms with E-state index in [0.29, 0.717) is 0 Å². The molecular formula is C16H14BrN3O3. The molecule has 2 aromatic rings. The minimum absolute atomic E-state index is 0.0598. The van der Waals surface area contributed by atoms with Crippen LogP contribution in [-0.4, -0.2) is 24.3 Å². The second-order valence-electron chi connectivity index (χ2n) is 5.07. The summed E-state index contributed by atoms with van der Waals surface area (Å²) in [6.45, 7) is 0.724. The third-order valence-corrected chi connectivity index (χ3v) is 4.30. The molecular weight excluding hydrogens is 362 g/mol. The number of hydrogen-bond donors (Lipinski definition) is 1. The van der Waals surface area contributed by atoms with Crippen molar-refractivity contribution in [2.45, 2.75) is 6.42 Å². The number of halogens is 1. The Bertz CT molecular complexity index is 788. The van der Waals surface area contributed by atoms with Crippen LogP contribution in [0.25, 0.3) is 0 Å². The van der Waals surface area contributed by atoms with Gasteiger partial charge in [-0.2, -0.15) is 5.10 Å². The molecule has 0 fully saturated rings. The van der Waals surface area contributed by atoms with Crippen molar-refractivity contribution >= 4 is 27.3 Å². The van der Waals surface area contributed by atoms with E-state index >= 15 is 0 Å². The van der Waals surface area contributed by atoms with Crippen molar-refractivity contribution in [2.24, 2.45) is 5.10 Å². The van der Waals surface area contributed by atoms with Gasteiger partial charge in [-0.1, -0.05) is 0 Å². The van der Waals surface area contributed by atoms with Gasteiger partial charge in [0.2, 0.25) is 0 Å². The second kappa shape index (κ2) is 6.37. The monoisotopic (exact) mass is 375 g/mol. The summed E-state index contributed by atoms with van der Waals surface area (Å²) in [5, 5.41) is 15.2. The van der Waals surface area contributed by atoms with Gasteiger partial charge in [0.25, 0.3) is 5.69 Å². The van der Waals surface area contributed by atoms with Crippen LogP contribution in [0.4, 0.5) is 5.69 Å². The topological polar surface area (TPSA) is 76.8 Å². The largest absolute Gasteiger partial charge is 0.496 e. The van der Waals surface area contributed by atoms with Crippen LogP contribution in [0.3, 0.4) is 0 Å². The number of benzene rings is 2. The summed E-state index contributed by atoms with van der Waals surface area (Å²) in [4.78, 5) is 10.4. The first-order chi connectivity index (χ1) is 11.1. The average molecular weight is 376 g/mol. The van der Waals surface area contributed by atoms with Gasteiger partial charge >= 0.3 is 0 Å². The van der Waals surface area contributed by atoms with E-state index in [4.69, 9.17) is 4.74 Å². The van der Waals surface area contributed by atoms with Gasteiger partial charge in [-0.25, -0.2) is 0 Å². The van der Waals surface area contributed by atoms with Crippen molar-refractivity contribution < 1.29 is 9.66 Å². The van der Waals surface area contributed by atoms with E-state index in [1.54, 1.807) is 19.2 Å². The first kappa shape index (κ1) is 15.5. The Morgan fingerprint density at radius 1 is 1.30 bits per heavy atom. The zero-order valence-electron chi connectivity index (χ0n) is 12.4. The van der Waals surface area contributed by atoms with Crippen molar-refractivity contribution in [3.05, 3.63) is 67.7 Å². The van der Waals surface area contributed by atoms with Crippen LogP contribution in [0, 0.1) is 10.1 Å². The van der Waals surface area contributed by atoms with E-state index in [1.165, 1.54) is 12.1 Å². The fraction of sp³-hybridized carbons (Fsp3) is 0.188. The Balaban J connectivity index is 2.10. The van der Waals surface area contributed by atoms with Crippen LogP contribution in [-0.2, 0) is 6.42 Å². The molecule has 0 unspecified atom stereocenters. The molecule has 1 aliphatic rings. The summed E-state index contributed by atoms with van der Waals surface area (Å²) in [6.07, 6.45) is 0.831. The number of fused-ring (bicyclic) bond motifs is 1. The first-order valence-electron chi connectivity index (χ1n) is 7.02. The summed E-state index contributed by atoms with van der Waals surface area (Å²) in [6, 6.07) is 10.4. The fourth-order valence-corrected chi connectivity index (χ4v) is 3.08. The fourth-order valence-electron chi connectivity index (χ4n) is 2.53. The molecule has 1 aliphatic heterocycles. The number of rotatable bonds is 3. The molecule has 3 rings (SSSR count). The average Bonchev–Trinajstić information content (AvgIpc) is 2.76. The second-order valence-corrected chi connectivity index (χ2v) is 5.92. The van der Waals surface area contributed by atoms with Crippen molar-refractivity contribution in [1.82, 2.24) is 5.43 Å². The quantitative estimate of drug-likeness (QED) is 0.659. The number of non-ortho nitro benzene ring substituents is 1. The normalized spacial score (nSPS) is 13.4. The molecule has 1 N–H and O–H groups in total. The number of ether oxygens (including phenoxy) is 1. The Morgan fingerprint density at radius 2 is 2.04 bits per heavy atom. The highest BCUT2D eigenvalue weighted by atomic mass is 79.9. The van der Waals surface area contributed by atoms with Gasteiger partial charge in [-0.3, -0.25) is 10.1 Å². The molecule has 0 aliphatic carbocycles. The number of nitro groups is 1. The van der Waals surface area contributed by atoms with Crippen LogP contribution < -0.4 is 10.2 Å². The van der Waals surface area contributed by atoms with Crippen molar-refractivity contribution in [2.75, 3.05) is 13.7 Å². The number of hydrogen-bond acceptors (Lipinski definition) is 5. The zero-order chi connectivity index (χ0) is 16.4. The molecule has 0 amide bonds. The highest BCUT2D eigenvalue weighted by Crippen LogP contribution is 2.31. The summed E-state index contributed by atoms with van der Waals surface area (Å²) in [5.41, 5.74) is 6.76. The predicted octanol–water partition coefficient (Wildman–Crippen LogP) is 3.26. The molecule has 7 heteroatoms. The minimum atomic E-state index is -0.412. The van der Waals surface area contributed by atoms with Crippen LogP contribution >= 0.6 is 15.9 Å². The molecule has 0 radical (unpaired) electrons. The molecule has 0 saturated heterocycles. The molecule has 0 saturated carbocycles. The molecule has 0 bridgehead atoms. The Kier molecular flexibility index (Phi) is 4.29. The molecule has 0 aromatic heterocycles. The third-order valence-electron chi connectivity index (χ3n) is 3.68. The Morgan fingerprint density at radius 3 is 2.70 bits per heavy atom. The van der Waals surface area contributed by atoms with E-state index in [1.807, 2.05) is 12.1 Å². The van der Waals surface area contributed by atoms with Gasteiger partial charge < -0.3 is 10.2 Å². The van der Waals surface area contributed by atoms with Crippen LogP contribution in [0.5, 0.6) is 5.75 Å². The number of nitrogens with one attached hydrogen (secondary N) is 1. The minimum Gasteiger partial charge on any atom is -0.496 e. The summed E-state index contributed by atoms with van der Waals surface area (Å²) < 4.78 is 6.27. The van der Waals surface area contributed by atoms with Crippen molar-refractivity contribution in [3.63, 3.8) is 0 Å². The SMILES string of the molecule is COc1cc2c(cc1Br)CCNN=C2c1ccc([N+](=O)[O-])cc1. The maximum Gasteiger partial charge on any atom is 0.269 e. The molecule has 118 valence electrons. The summed E-state index contributed by atoms with van der Waals surface area (Å²) >= 11 is 3.50. The van der Waals surface area contributed by atoms with Gasteiger partial charge in [0, 0.05) is 29.8 Å². The predicted molar refractivity (Wildman–Crippen MR) is 91.1 cm³/mol. The van der Waals surface area contributed by atoms with E-state index < -0.39 is 4.92 Å². The lowest BCUT2D eigenvalue weighted by atomic mass is 9.96. The Labute approximate surface area is 141 Å². The van der Waals surface area contributed by atoms with E-state index in [2.05, 4.69) is 26.5 Å². The lowest BCUT2D eigenvalue weighted by molar-refractivity contribution is -0.384. The lowest BCUT2D eigenvalue weighted by Crippen LogP contribution is -2.10. The molecule has 6 nitrogen and oxygen atoms in total. The third kappa shape index (κ3) is 3.05. The Hall–Kier alpha value is -2.41. The number of nitro benzene ring substituents is 1. The summed E-state index contributed by atoms with van der Waals surface area (Å²) in [5.74, 6) is 0.722. The van der Waals surface area contributed by atoms with Crippen molar-refractivity contribution in [3.8, 4) is 5.75 Å². The number of methoxy groups -OCH3 is 1. The molecule has 0 spiro atoms. The zero-order valence-corrected chi connectivity index (χ0v) is 14.0. The highest BCUT2D eigenvalue weighted by molar-refractivity contribution is 9.10. The first-order valence-corrected chi connectivity index (χ1v) is 7.81. The van der Waals surface area contributed by atoms with Gasteiger partial charge in [-0.15, -0.1) is 0 Å². The number of nitrogens with zero attached hydrogens (tertiary/aromatic N) is 2. The highest BCUT2D eigenvalue weighted by Gasteiger charge is 2.18. The van der Waals surface area contributed by atoms with E-state index in [9.17, 15) is 10.1 Å². The molecule has 23 heavy (non-hydrogen) atoms. The summed E-state index contributed by atoms with van der Waals surface area (Å²) in [7, 11) is 1.62. The maximum atomic E-state index is 10.8. The van der Waals surface area contributed by atoms with E-state index in [0.717, 1.165) is 45.6 Å². The van der Waals surface area contributed by atoms with Crippen LogP contribution in [0.15, 0.2) is 46.0 Å². The van der Waals surface area contributed by atoms with Crippen LogP contribution in [0.2, 0.25) is 0 Å². The van der Waals surface area contributed by atoms with Gasteiger partial charge in [0.1, 0.15) is 5.75 Å².